The van der Waals surface area contributed by atoms with Crippen molar-refractivity contribution in [2.24, 2.45) is 0 Å². The zero-order valence-electron chi connectivity index (χ0n) is 20.5. The Hall–Kier alpha value is -3.39. The molecule has 0 unspecified atom stereocenters. The molecule has 214 valence electrons. The number of carbonyl (C=O) groups excluding carboxylic acids is 2. The highest BCUT2D eigenvalue weighted by atomic mass is 35.5. The summed E-state index contributed by atoms with van der Waals surface area (Å²) in [6.45, 7) is 0.0556. The van der Waals surface area contributed by atoms with Crippen LogP contribution in [0, 0.1) is 0 Å². The maximum absolute atomic E-state index is 13.4. The fraction of sp³-hybridized carbons (Fsp3) is 0.375. The third-order valence-electron chi connectivity index (χ3n) is 6.64. The second kappa shape index (κ2) is 11.2. The van der Waals surface area contributed by atoms with Crippen LogP contribution in [-0.4, -0.2) is 68.0 Å². The van der Waals surface area contributed by atoms with Crippen LogP contribution in [0.4, 0.5) is 26.3 Å². The van der Waals surface area contributed by atoms with E-state index < -0.39 is 46.9 Å². The second-order valence-corrected chi connectivity index (χ2v) is 10.0. The van der Waals surface area contributed by atoms with Gasteiger partial charge in [0.2, 0.25) is 5.91 Å². The van der Waals surface area contributed by atoms with Crippen LogP contribution in [0.25, 0.3) is 0 Å². The molecule has 0 bridgehead atoms. The number of hydrogen-bond donors (Lipinski definition) is 0. The summed E-state index contributed by atoms with van der Waals surface area (Å²) in [5.41, 5.74) is -3.39. The molecule has 2 amide bonds. The standard InChI is InChI=1S/C24H20Cl2F6N6O2/c1-36(22(40)14-6-15(23(27,28)29)9-16(7-14)24(30,31)32)20-4-5-37(21(39)11-38-12-33-34-35-38)10-17(20)13-2-3-18(25)19(26)8-13/h2-3,6-9,12,17,20H,4-5,10-11H2,1H3/t17-,20+/m0/s1. The van der Waals surface area contributed by atoms with Gasteiger partial charge in [0.05, 0.1) is 21.2 Å². The molecule has 4 rings (SSSR count). The average Bonchev–Trinajstić information content (AvgIpc) is 3.41. The van der Waals surface area contributed by atoms with Crippen molar-refractivity contribution in [1.29, 1.82) is 0 Å². The maximum Gasteiger partial charge on any atom is 0.416 e. The van der Waals surface area contributed by atoms with Crippen molar-refractivity contribution in [1.82, 2.24) is 30.0 Å². The van der Waals surface area contributed by atoms with Crippen molar-refractivity contribution < 1.29 is 35.9 Å². The number of likely N-dealkylation sites (N-methyl/N-ethyl adjacent to an activating group) is 1. The van der Waals surface area contributed by atoms with Gasteiger partial charge in [0.15, 0.2) is 0 Å². The molecule has 8 nitrogen and oxygen atoms in total. The van der Waals surface area contributed by atoms with Gasteiger partial charge in [-0.15, -0.1) is 5.10 Å². The first-order chi connectivity index (χ1) is 18.6. The number of alkyl halides is 6. The average molecular weight is 609 g/mol. The molecule has 2 atom stereocenters. The second-order valence-electron chi connectivity index (χ2n) is 9.19. The number of piperidine rings is 1. The summed E-state index contributed by atoms with van der Waals surface area (Å²) in [7, 11) is 1.30. The Bertz CT molecular complexity index is 1370. The minimum Gasteiger partial charge on any atom is -0.340 e. The molecule has 0 radical (unpaired) electrons. The van der Waals surface area contributed by atoms with Gasteiger partial charge in [0, 0.05) is 37.7 Å². The molecule has 1 aromatic heterocycles. The lowest BCUT2D eigenvalue weighted by atomic mass is 9.84. The topological polar surface area (TPSA) is 84.2 Å². The quantitative estimate of drug-likeness (QED) is 0.373. The third kappa shape index (κ3) is 6.49. The van der Waals surface area contributed by atoms with Crippen LogP contribution in [-0.2, 0) is 23.7 Å². The van der Waals surface area contributed by atoms with Crippen LogP contribution >= 0.6 is 23.2 Å². The Morgan fingerprint density at radius 2 is 1.65 bits per heavy atom. The van der Waals surface area contributed by atoms with Gasteiger partial charge < -0.3 is 9.80 Å². The van der Waals surface area contributed by atoms with Gasteiger partial charge in [-0.25, -0.2) is 4.68 Å². The lowest BCUT2D eigenvalue weighted by Crippen LogP contribution is -2.52. The summed E-state index contributed by atoms with van der Waals surface area (Å²) < 4.78 is 81.6. The molecule has 1 aliphatic rings. The minimum absolute atomic E-state index is 0.0377. The van der Waals surface area contributed by atoms with Crippen molar-refractivity contribution in [2.45, 2.75) is 37.3 Å². The predicted octanol–water partition coefficient (Wildman–Crippen LogP) is 5.17. The van der Waals surface area contributed by atoms with Crippen LogP contribution in [0.5, 0.6) is 0 Å². The SMILES string of the molecule is CN(C(=O)c1cc(C(F)(F)F)cc(C(F)(F)F)c1)[C@@H]1CCN(C(=O)Cn2cnnn2)C[C@H]1c1ccc(Cl)c(Cl)c1. The molecule has 16 heteroatoms. The van der Waals surface area contributed by atoms with Crippen molar-refractivity contribution in [3.8, 4) is 0 Å². The number of amides is 2. The number of carbonyl (C=O) groups is 2. The first-order valence-corrected chi connectivity index (χ1v) is 12.4. The van der Waals surface area contributed by atoms with E-state index in [0.717, 1.165) is 4.90 Å². The number of benzene rings is 2. The largest absolute Gasteiger partial charge is 0.416 e. The summed E-state index contributed by atoms with van der Waals surface area (Å²) in [5, 5.41) is 11.1. The third-order valence-corrected chi connectivity index (χ3v) is 7.38. The number of aromatic nitrogens is 4. The van der Waals surface area contributed by atoms with E-state index in [9.17, 15) is 35.9 Å². The van der Waals surface area contributed by atoms with E-state index in [4.69, 9.17) is 23.2 Å². The Morgan fingerprint density at radius 3 is 2.20 bits per heavy atom. The molecule has 1 fully saturated rings. The Kier molecular flexibility index (Phi) is 8.31. The molecule has 0 saturated carbocycles. The van der Waals surface area contributed by atoms with Crippen LogP contribution < -0.4 is 0 Å². The zero-order valence-corrected chi connectivity index (χ0v) is 22.1. The maximum atomic E-state index is 13.4. The lowest BCUT2D eigenvalue weighted by Gasteiger charge is -2.43. The number of tetrazole rings is 1. The van der Waals surface area contributed by atoms with Crippen LogP contribution in [0.1, 0.15) is 39.4 Å². The molecule has 0 aliphatic carbocycles. The molecule has 0 spiro atoms. The van der Waals surface area contributed by atoms with Gasteiger partial charge in [0.1, 0.15) is 12.9 Å². The van der Waals surface area contributed by atoms with Crippen molar-refractivity contribution >= 4 is 35.0 Å². The van der Waals surface area contributed by atoms with Gasteiger partial charge >= 0.3 is 12.4 Å². The van der Waals surface area contributed by atoms with Gasteiger partial charge in [-0.2, -0.15) is 26.3 Å². The van der Waals surface area contributed by atoms with E-state index in [1.54, 1.807) is 12.1 Å². The van der Waals surface area contributed by atoms with Crippen LogP contribution in [0.2, 0.25) is 10.0 Å². The summed E-state index contributed by atoms with van der Waals surface area (Å²) in [4.78, 5) is 28.9. The van der Waals surface area contributed by atoms with E-state index >= 15 is 0 Å². The lowest BCUT2D eigenvalue weighted by molar-refractivity contribution is -0.143. The minimum atomic E-state index is -5.11. The van der Waals surface area contributed by atoms with Gasteiger partial charge in [0.25, 0.3) is 5.91 Å². The Morgan fingerprint density at radius 1 is 1.00 bits per heavy atom. The first kappa shape index (κ1) is 29.6. The molecular weight excluding hydrogens is 589 g/mol. The monoisotopic (exact) mass is 608 g/mol. The van der Waals surface area contributed by atoms with Crippen molar-refractivity contribution in [3.63, 3.8) is 0 Å². The van der Waals surface area contributed by atoms with Crippen molar-refractivity contribution in [2.75, 3.05) is 20.1 Å². The molecule has 0 N–H and O–H groups in total. The number of hydrogen-bond acceptors (Lipinski definition) is 5. The molecule has 1 aliphatic heterocycles. The predicted molar refractivity (Wildman–Crippen MR) is 131 cm³/mol. The summed E-state index contributed by atoms with van der Waals surface area (Å²) in [5.74, 6) is -1.99. The highest BCUT2D eigenvalue weighted by Gasteiger charge is 2.40. The molecular formula is C24H20Cl2F6N6O2. The highest BCUT2D eigenvalue weighted by Crippen LogP contribution is 2.38. The van der Waals surface area contributed by atoms with E-state index in [1.165, 1.54) is 29.0 Å². The van der Waals surface area contributed by atoms with E-state index in [-0.39, 0.29) is 48.1 Å². The number of halogens is 8. The number of likely N-dealkylation sites (tertiary alicyclic amines) is 1. The fourth-order valence-corrected chi connectivity index (χ4v) is 4.93. The molecule has 1 saturated heterocycles. The summed E-state index contributed by atoms with van der Waals surface area (Å²) in [6, 6.07) is 4.73. The zero-order chi connectivity index (χ0) is 29.4. The number of rotatable bonds is 5. The van der Waals surface area contributed by atoms with E-state index in [1.807, 2.05) is 0 Å². The normalized spacial score (nSPS) is 18.1. The molecule has 40 heavy (non-hydrogen) atoms. The Balaban J connectivity index is 1.67. The smallest absolute Gasteiger partial charge is 0.340 e. The van der Waals surface area contributed by atoms with E-state index in [0.29, 0.717) is 17.7 Å². The molecule has 3 aromatic rings. The highest BCUT2D eigenvalue weighted by molar-refractivity contribution is 6.42. The first-order valence-electron chi connectivity index (χ1n) is 11.6. The van der Waals surface area contributed by atoms with Crippen LogP contribution in [0.15, 0.2) is 42.7 Å². The summed E-state index contributed by atoms with van der Waals surface area (Å²) >= 11 is 12.2. The number of nitrogens with zero attached hydrogens (tertiary/aromatic N) is 6. The Labute approximate surface area is 233 Å². The van der Waals surface area contributed by atoms with Gasteiger partial charge in [-0.1, -0.05) is 29.3 Å². The summed E-state index contributed by atoms with van der Waals surface area (Å²) in [6.07, 6.45) is -8.79. The molecule has 2 heterocycles. The fourth-order valence-electron chi connectivity index (χ4n) is 4.62. The van der Waals surface area contributed by atoms with Crippen molar-refractivity contribution in [3.05, 3.63) is 75.0 Å². The van der Waals surface area contributed by atoms with E-state index in [2.05, 4.69) is 15.5 Å². The van der Waals surface area contributed by atoms with Gasteiger partial charge in [-0.05, 0) is 52.7 Å². The van der Waals surface area contributed by atoms with Gasteiger partial charge in [-0.3, -0.25) is 9.59 Å². The van der Waals surface area contributed by atoms with Crippen LogP contribution in [0.3, 0.4) is 0 Å². The molecule has 2 aromatic carbocycles.